The average Bonchev–Trinajstić information content (AvgIpc) is 3.06. The van der Waals surface area contributed by atoms with Crippen LogP contribution in [0.15, 0.2) is 29.3 Å². The van der Waals surface area contributed by atoms with Gasteiger partial charge in [-0.15, -0.1) is 0 Å². The Kier molecular flexibility index (Phi) is 7.22. The number of rotatable bonds is 7. The third-order valence-corrected chi connectivity index (χ3v) is 4.22. The Hall–Kier alpha value is -1.91. The maximum atomic E-state index is 5.33. The summed E-state index contributed by atoms with van der Waals surface area (Å²) in [5.41, 5.74) is 1.25. The summed E-state index contributed by atoms with van der Waals surface area (Å²) in [5.74, 6) is 3.07. The minimum absolute atomic E-state index is 0.579. The number of nitrogens with zero attached hydrogens (tertiary/aromatic N) is 2. The number of guanidine groups is 1. The van der Waals surface area contributed by atoms with Gasteiger partial charge in [-0.05, 0) is 37.3 Å². The van der Waals surface area contributed by atoms with Crippen molar-refractivity contribution >= 4 is 11.6 Å². The summed E-state index contributed by atoms with van der Waals surface area (Å²) in [4.78, 5) is 7.08. The molecule has 0 bridgehead atoms. The highest BCUT2D eigenvalue weighted by atomic mass is 16.5. The summed E-state index contributed by atoms with van der Waals surface area (Å²) >= 11 is 0. The summed E-state index contributed by atoms with van der Waals surface area (Å²) in [7, 11) is 1.72. The van der Waals surface area contributed by atoms with Crippen LogP contribution in [0.5, 0.6) is 5.75 Å². The SMILES string of the molecule is CCNC(=NCC(C)C)NCC1CCN(c2cccc(OC)c2)C1. The first-order chi connectivity index (χ1) is 11.6. The van der Waals surface area contributed by atoms with Crippen molar-refractivity contribution in [3.63, 3.8) is 0 Å². The highest BCUT2D eigenvalue weighted by Gasteiger charge is 2.23. The van der Waals surface area contributed by atoms with Gasteiger partial charge >= 0.3 is 0 Å². The average molecular weight is 332 g/mol. The van der Waals surface area contributed by atoms with Crippen LogP contribution in [0.4, 0.5) is 5.69 Å². The van der Waals surface area contributed by atoms with Crippen LogP contribution >= 0.6 is 0 Å². The molecule has 0 aromatic heterocycles. The van der Waals surface area contributed by atoms with Gasteiger partial charge in [0.05, 0.1) is 7.11 Å². The Morgan fingerprint density at radius 2 is 2.21 bits per heavy atom. The number of anilines is 1. The monoisotopic (exact) mass is 332 g/mol. The minimum atomic E-state index is 0.579. The van der Waals surface area contributed by atoms with E-state index in [1.165, 1.54) is 12.1 Å². The zero-order valence-corrected chi connectivity index (χ0v) is 15.5. The van der Waals surface area contributed by atoms with E-state index >= 15 is 0 Å². The van der Waals surface area contributed by atoms with Crippen molar-refractivity contribution in [1.29, 1.82) is 0 Å². The number of methoxy groups -OCH3 is 1. The largest absolute Gasteiger partial charge is 0.497 e. The van der Waals surface area contributed by atoms with Gasteiger partial charge in [-0.3, -0.25) is 4.99 Å². The molecule has 1 saturated heterocycles. The third-order valence-electron chi connectivity index (χ3n) is 4.22. The molecule has 134 valence electrons. The molecule has 1 aliphatic rings. The number of benzene rings is 1. The maximum Gasteiger partial charge on any atom is 0.191 e. The molecule has 1 heterocycles. The number of nitrogens with one attached hydrogen (secondary N) is 2. The van der Waals surface area contributed by atoms with Gasteiger partial charge in [0.1, 0.15) is 5.75 Å². The topological polar surface area (TPSA) is 48.9 Å². The molecule has 1 aromatic carbocycles. The molecule has 24 heavy (non-hydrogen) atoms. The van der Waals surface area contributed by atoms with Gasteiger partial charge in [0.15, 0.2) is 5.96 Å². The van der Waals surface area contributed by atoms with Crippen LogP contribution in [-0.4, -0.2) is 45.8 Å². The Bertz CT molecular complexity index is 530. The third kappa shape index (κ3) is 5.62. The molecule has 0 amide bonds. The molecule has 0 aliphatic carbocycles. The molecule has 1 unspecified atom stereocenters. The van der Waals surface area contributed by atoms with Crippen LogP contribution in [-0.2, 0) is 0 Å². The first-order valence-corrected chi connectivity index (χ1v) is 9.03. The Morgan fingerprint density at radius 3 is 2.92 bits per heavy atom. The van der Waals surface area contributed by atoms with E-state index in [9.17, 15) is 0 Å². The van der Waals surface area contributed by atoms with Crippen LogP contribution < -0.4 is 20.3 Å². The van der Waals surface area contributed by atoms with E-state index in [-0.39, 0.29) is 0 Å². The second-order valence-electron chi connectivity index (χ2n) is 6.80. The van der Waals surface area contributed by atoms with Crippen molar-refractivity contribution in [2.75, 3.05) is 44.7 Å². The lowest BCUT2D eigenvalue weighted by Gasteiger charge is -2.20. The first kappa shape index (κ1) is 18.4. The molecule has 0 saturated carbocycles. The van der Waals surface area contributed by atoms with Gasteiger partial charge in [0, 0.05) is 44.5 Å². The summed E-state index contributed by atoms with van der Waals surface area (Å²) in [5, 5.41) is 6.83. The van der Waals surface area contributed by atoms with E-state index in [1.54, 1.807) is 7.11 Å². The molecule has 0 radical (unpaired) electrons. The second kappa shape index (κ2) is 9.40. The zero-order chi connectivity index (χ0) is 17.4. The molecule has 5 heteroatoms. The highest BCUT2D eigenvalue weighted by molar-refractivity contribution is 5.79. The molecule has 1 atom stereocenters. The molecule has 0 spiro atoms. The first-order valence-electron chi connectivity index (χ1n) is 9.03. The van der Waals surface area contributed by atoms with Gasteiger partial charge in [-0.25, -0.2) is 0 Å². The fourth-order valence-corrected chi connectivity index (χ4v) is 2.90. The standard InChI is InChI=1S/C19H32N4O/c1-5-20-19(21-12-15(2)3)22-13-16-9-10-23(14-16)17-7-6-8-18(11-17)24-4/h6-8,11,15-16H,5,9-10,12-14H2,1-4H3,(H2,20,21,22). The predicted molar refractivity (Wildman–Crippen MR) is 102 cm³/mol. The molecular formula is C19H32N4O. The Balaban J connectivity index is 1.85. The molecule has 1 aromatic rings. The van der Waals surface area contributed by atoms with Crippen LogP contribution in [0.25, 0.3) is 0 Å². The van der Waals surface area contributed by atoms with Crippen LogP contribution in [0.2, 0.25) is 0 Å². The highest BCUT2D eigenvalue weighted by Crippen LogP contribution is 2.26. The maximum absolute atomic E-state index is 5.33. The van der Waals surface area contributed by atoms with E-state index in [0.29, 0.717) is 11.8 Å². The van der Waals surface area contributed by atoms with Gasteiger partial charge in [-0.1, -0.05) is 19.9 Å². The van der Waals surface area contributed by atoms with Crippen LogP contribution in [0, 0.1) is 11.8 Å². The lowest BCUT2D eigenvalue weighted by Crippen LogP contribution is -2.40. The summed E-state index contributed by atoms with van der Waals surface area (Å²) in [6.07, 6.45) is 1.20. The Morgan fingerprint density at radius 1 is 1.38 bits per heavy atom. The molecule has 2 N–H and O–H groups in total. The van der Waals surface area contributed by atoms with Crippen LogP contribution in [0.1, 0.15) is 27.2 Å². The zero-order valence-electron chi connectivity index (χ0n) is 15.5. The van der Waals surface area contributed by atoms with Crippen molar-refractivity contribution in [2.24, 2.45) is 16.8 Å². The number of ether oxygens (including phenoxy) is 1. The summed E-state index contributed by atoms with van der Waals surface area (Å²) in [6.45, 7) is 11.4. The van der Waals surface area contributed by atoms with E-state index in [1.807, 2.05) is 6.07 Å². The van der Waals surface area contributed by atoms with Gasteiger partial charge in [-0.2, -0.15) is 0 Å². The number of hydrogen-bond acceptors (Lipinski definition) is 3. The van der Waals surface area contributed by atoms with Crippen molar-refractivity contribution in [3.05, 3.63) is 24.3 Å². The van der Waals surface area contributed by atoms with E-state index in [4.69, 9.17) is 4.74 Å². The van der Waals surface area contributed by atoms with Gasteiger partial charge < -0.3 is 20.3 Å². The lowest BCUT2D eigenvalue weighted by molar-refractivity contribution is 0.415. The van der Waals surface area contributed by atoms with Crippen molar-refractivity contribution in [2.45, 2.75) is 27.2 Å². The molecule has 2 rings (SSSR count). The van der Waals surface area contributed by atoms with E-state index < -0.39 is 0 Å². The fourth-order valence-electron chi connectivity index (χ4n) is 2.90. The summed E-state index contributed by atoms with van der Waals surface area (Å²) in [6, 6.07) is 8.32. The molecule has 1 aliphatic heterocycles. The normalized spacial score (nSPS) is 18.1. The van der Waals surface area contributed by atoms with Crippen molar-refractivity contribution in [1.82, 2.24) is 10.6 Å². The fraction of sp³-hybridized carbons (Fsp3) is 0.632. The quantitative estimate of drug-likeness (QED) is 0.595. The smallest absolute Gasteiger partial charge is 0.191 e. The van der Waals surface area contributed by atoms with Gasteiger partial charge in [0.25, 0.3) is 0 Å². The molecular weight excluding hydrogens is 300 g/mol. The molecule has 1 fully saturated rings. The van der Waals surface area contributed by atoms with E-state index in [0.717, 1.165) is 44.4 Å². The van der Waals surface area contributed by atoms with Gasteiger partial charge in [0.2, 0.25) is 0 Å². The van der Waals surface area contributed by atoms with Crippen molar-refractivity contribution in [3.8, 4) is 5.75 Å². The van der Waals surface area contributed by atoms with Crippen LogP contribution in [0.3, 0.4) is 0 Å². The molecule has 5 nitrogen and oxygen atoms in total. The number of aliphatic imine (C=N–C) groups is 1. The minimum Gasteiger partial charge on any atom is -0.497 e. The Labute approximate surface area is 146 Å². The van der Waals surface area contributed by atoms with E-state index in [2.05, 4.69) is 59.5 Å². The number of hydrogen-bond donors (Lipinski definition) is 2. The second-order valence-corrected chi connectivity index (χ2v) is 6.80. The summed E-state index contributed by atoms with van der Waals surface area (Å²) < 4.78 is 5.33. The predicted octanol–water partition coefficient (Wildman–Crippen LogP) is 2.73. The van der Waals surface area contributed by atoms with Crippen molar-refractivity contribution < 1.29 is 4.74 Å². The lowest BCUT2D eigenvalue weighted by atomic mass is 10.1.